The van der Waals surface area contributed by atoms with Crippen LogP contribution in [-0.4, -0.2) is 10.4 Å². The molecule has 0 atom stereocenters. The molecule has 5 heteroatoms. The third kappa shape index (κ3) is 2.81. The van der Waals surface area contributed by atoms with Crippen LogP contribution in [0.3, 0.4) is 0 Å². The van der Waals surface area contributed by atoms with Gasteiger partial charge in [-0.25, -0.2) is 0 Å². The molecule has 0 aliphatic rings. The van der Waals surface area contributed by atoms with Gasteiger partial charge in [0, 0.05) is 31.7 Å². The number of benzene rings is 1. The number of halogens is 3. The molecule has 0 N–H and O–H groups in total. The van der Waals surface area contributed by atoms with E-state index >= 15 is 0 Å². The van der Waals surface area contributed by atoms with Gasteiger partial charge in [0.1, 0.15) is 0 Å². The zero-order chi connectivity index (χ0) is 15.0. The summed E-state index contributed by atoms with van der Waals surface area (Å²) in [7, 11) is 1.94. The molecule has 0 aliphatic carbocycles. The molecule has 0 radical (unpaired) electrons. The van der Waals surface area contributed by atoms with E-state index in [0.29, 0.717) is 5.56 Å². The highest BCUT2D eigenvalue weighted by Gasteiger charge is 2.21. The van der Waals surface area contributed by atoms with E-state index in [4.69, 9.17) is 0 Å². The van der Waals surface area contributed by atoms with Crippen LogP contribution in [0.15, 0.2) is 31.6 Å². The van der Waals surface area contributed by atoms with Gasteiger partial charge in [0.05, 0.1) is 5.69 Å². The summed E-state index contributed by atoms with van der Waals surface area (Å²) in [4.78, 5) is 12.9. The summed E-state index contributed by atoms with van der Waals surface area (Å²) in [6, 6.07) is 5.83. The average molecular weight is 464 g/mol. The third-order valence-corrected chi connectivity index (χ3v) is 5.81. The van der Waals surface area contributed by atoms with E-state index in [0.717, 1.165) is 36.8 Å². The van der Waals surface area contributed by atoms with Gasteiger partial charge >= 0.3 is 0 Å². The monoisotopic (exact) mass is 461 g/mol. The molecule has 0 bridgehead atoms. The average Bonchev–Trinajstić information content (AvgIpc) is 2.67. The molecule has 1 aromatic heterocycles. The molecule has 0 aliphatic heterocycles. The maximum atomic E-state index is 12.9. The molecule has 0 amide bonds. The maximum absolute atomic E-state index is 12.9. The van der Waals surface area contributed by atoms with Crippen LogP contribution in [0.25, 0.3) is 0 Å². The Morgan fingerprint density at radius 2 is 1.85 bits per heavy atom. The number of nitrogens with zero attached hydrogens (tertiary/aromatic N) is 1. The lowest BCUT2D eigenvalue weighted by atomic mass is 10.1. The minimum Gasteiger partial charge on any atom is -0.345 e. The Bertz CT molecular complexity index is 689. The number of hydrogen-bond acceptors (Lipinski definition) is 1. The van der Waals surface area contributed by atoms with Crippen molar-refractivity contribution < 1.29 is 4.79 Å². The minimum atomic E-state index is 0.0265. The van der Waals surface area contributed by atoms with Gasteiger partial charge in [-0.2, -0.15) is 0 Å². The summed E-state index contributed by atoms with van der Waals surface area (Å²) in [5.41, 5.74) is 3.57. The Kier molecular flexibility index (Phi) is 4.92. The second kappa shape index (κ2) is 6.16. The van der Waals surface area contributed by atoms with Gasteiger partial charge in [0.25, 0.3) is 0 Å². The molecule has 2 nitrogen and oxygen atoms in total. The molecule has 106 valence electrons. The van der Waals surface area contributed by atoms with Crippen LogP contribution < -0.4 is 0 Å². The van der Waals surface area contributed by atoms with Crippen LogP contribution in [0.4, 0.5) is 0 Å². The van der Waals surface area contributed by atoms with Gasteiger partial charge in [0.2, 0.25) is 5.78 Å². The second-order valence-electron chi connectivity index (χ2n) is 4.66. The normalized spacial score (nSPS) is 10.9. The Morgan fingerprint density at radius 3 is 2.40 bits per heavy atom. The number of carbonyl (C=O) groups excluding carboxylic acids is 1. The lowest BCUT2D eigenvalue weighted by molar-refractivity contribution is 0.103. The molecule has 0 spiro atoms. The van der Waals surface area contributed by atoms with Crippen molar-refractivity contribution in [2.75, 3.05) is 0 Å². The second-order valence-corrected chi connectivity index (χ2v) is 7.22. The van der Waals surface area contributed by atoms with Crippen LogP contribution >= 0.6 is 47.8 Å². The summed E-state index contributed by atoms with van der Waals surface area (Å²) < 4.78 is 4.50. The Balaban J connectivity index is 2.61. The van der Waals surface area contributed by atoms with Gasteiger partial charge < -0.3 is 4.57 Å². The van der Waals surface area contributed by atoms with Crippen molar-refractivity contribution in [1.29, 1.82) is 0 Å². The number of aryl methyl sites for hydroxylation is 2. The first-order chi connectivity index (χ1) is 9.36. The van der Waals surface area contributed by atoms with E-state index in [1.54, 1.807) is 0 Å². The molecule has 0 unspecified atom stereocenters. The molecule has 0 saturated carbocycles. The molecule has 0 fully saturated rings. The van der Waals surface area contributed by atoms with Crippen molar-refractivity contribution in [3.63, 3.8) is 0 Å². The minimum absolute atomic E-state index is 0.0265. The van der Waals surface area contributed by atoms with Crippen molar-refractivity contribution in [1.82, 2.24) is 4.57 Å². The quantitative estimate of drug-likeness (QED) is 0.440. The number of aromatic nitrogens is 1. The van der Waals surface area contributed by atoms with E-state index in [1.807, 2.05) is 30.7 Å². The van der Waals surface area contributed by atoms with Crippen LogP contribution in [0, 0.1) is 6.92 Å². The molecule has 20 heavy (non-hydrogen) atoms. The standard InChI is InChI=1S/C15H14Br3NO/c1-4-10-5-8(2)14(19(10)3)15(20)11-6-9(16)7-12(17)13(11)18/h5-7H,4H2,1-3H3. The molecule has 0 saturated heterocycles. The highest BCUT2D eigenvalue weighted by atomic mass is 79.9. The van der Waals surface area contributed by atoms with Crippen molar-refractivity contribution in [2.45, 2.75) is 20.3 Å². The molecular weight excluding hydrogens is 450 g/mol. The van der Waals surface area contributed by atoms with Crippen molar-refractivity contribution in [3.8, 4) is 0 Å². The molecule has 1 heterocycles. The van der Waals surface area contributed by atoms with Crippen LogP contribution in [0.2, 0.25) is 0 Å². The zero-order valence-electron chi connectivity index (χ0n) is 11.4. The SMILES string of the molecule is CCc1cc(C)c(C(=O)c2cc(Br)cc(Br)c2Br)n1C. The number of ketones is 1. The lowest BCUT2D eigenvalue weighted by Gasteiger charge is -2.10. The van der Waals surface area contributed by atoms with E-state index in [2.05, 4.69) is 60.8 Å². The Labute approximate surface area is 143 Å². The first kappa shape index (κ1) is 16.0. The summed E-state index contributed by atoms with van der Waals surface area (Å²) in [6.07, 6.45) is 0.911. The van der Waals surface area contributed by atoms with E-state index < -0.39 is 0 Å². The van der Waals surface area contributed by atoms with Gasteiger partial charge in [0.15, 0.2) is 0 Å². The third-order valence-electron chi connectivity index (χ3n) is 3.34. The summed E-state index contributed by atoms with van der Waals surface area (Å²) in [6.45, 7) is 4.07. The predicted molar refractivity (Wildman–Crippen MR) is 92.5 cm³/mol. The molecule has 1 aromatic carbocycles. The smallest absolute Gasteiger partial charge is 0.210 e. The number of hydrogen-bond donors (Lipinski definition) is 0. The van der Waals surface area contributed by atoms with E-state index in [-0.39, 0.29) is 5.78 Å². The molecule has 2 aromatic rings. The van der Waals surface area contributed by atoms with Crippen molar-refractivity contribution in [2.24, 2.45) is 7.05 Å². The van der Waals surface area contributed by atoms with Crippen molar-refractivity contribution in [3.05, 3.63) is 54.1 Å². The predicted octanol–water partition coefficient (Wildman–Crippen LogP) is 5.41. The van der Waals surface area contributed by atoms with Crippen molar-refractivity contribution >= 4 is 53.6 Å². The van der Waals surface area contributed by atoms with Crippen LogP contribution in [0.1, 0.15) is 34.2 Å². The maximum Gasteiger partial charge on any atom is 0.210 e. The zero-order valence-corrected chi connectivity index (χ0v) is 16.2. The first-order valence-corrected chi connectivity index (χ1v) is 8.59. The number of rotatable bonds is 3. The topological polar surface area (TPSA) is 22.0 Å². The molecule has 2 rings (SSSR count). The fraction of sp³-hybridized carbons (Fsp3) is 0.267. The fourth-order valence-electron chi connectivity index (χ4n) is 2.34. The summed E-state index contributed by atoms with van der Waals surface area (Å²) in [5.74, 6) is 0.0265. The lowest BCUT2D eigenvalue weighted by Crippen LogP contribution is -2.11. The fourth-order valence-corrected chi connectivity index (χ4v) is 3.98. The Morgan fingerprint density at radius 1 is 1.20 bits per heavy atom. The van der Waals surface area contributed by atoms with Gasteiger partial charge in [-0.1, -0.05) is 22.9 Å². The summed E-state index contributed by atoms with van der Waals surface area (Å²) in [5, 5.41) is 0. The Hall–Kier alpha value is -0.390. The number of carbonyl (C=O) groups is 1. The summed E-state index contributed by atoms with van der Waals surface area (Å²) >= 11 is 10.4. The van der Waals surface area contributed by atoms with Gasteiger partial charge in [-0.3, -0.25) is 4.79 Å². The molecular formula is C15H14Br3NO. The van der Waals surface area contributed by atoms with E-state index in [1.165, 1.54) is 0 Å². The van der Waals surface area contributed by atoms with Gasteiger partial charge in [-0.15, -0.1) is 0 Å². The van der Waals surface area contributed by atoms with Crippen LogP contribution in [0.5, 0.6) is 0 Å². The first-order valence-electron chi connectivity index (χ1n) is 6.21. The van der Waals surface area contributed by atoms with Crippen LogP contribution in [-0.2, 0) is 13.5 Å². The largest absolute Gasteiger partial charge is 0.345 e. The highest BCUT2D eigenvalue weighted by molar-refractivity contribution is 9.13. The highest BCUT2D eigenvalue weighted by Crippen LogP contribution is 2.32. The van der Waals surface area contributed by atoms with E-state index in [9.17, 15) is 4.79 Å². The van der Waals surface area contributed by atoms with Gasteiger partial charge in [-0.05, 0) is 69.0 Å².